The van der Waals surface area contributed by atoms with Crippen molar-refractivity contribution in [3.05, 3.63) is 30.1 Å². The van der Waals surface area contributed by atoms with E-state index in [-0.39, 0.29) is 26.2 Å². The highest BCUT2D eigenvalue weighted by atomic mass is 31.2. The van der Waals surface area contributed by atoms with Gasteiger partial charge in [0.25, 0.3) is 0 Å². The highest BCUT2D eigenvalue weighted by Crippen LogP contribution is 2.57. The van der Waals surface area contributed by atoms with Crippen LogP contribution in [0.15, 0.2) is 24.5 Å². The molecule has 0 saturated carbocycles. The highest BCUT2D eigenvalue weighted by Gasteiger charge is 2.49. The summed E-state index contributed by atoms with van der Waals surface area (Å²) >= 11 is 0. The molecule has 0 aliphatic carbocycles. The zero-order chi connectivity index (χ0) is 24.7. The Morgan fingerprint density at radius 2 is 1.88 bits per heavy atom. The number of nitrogens with zero attached hydrogens (tertiary/aromatic N) is 1. The van der Waals surface area contributed by atoms with Crippen LogP contribution in [0.4, 0.5) is 0 Å². The van der Waals surface area contributed by atoms with E-state index in [4.69, 9.17) is 23.0 Å². The number of esters is 2. The number of ether oxygens (including phenoxy) is 2. The maximum Gasteiger partial charge on any atom is 0.478 e. The molecule has 0 spiro atoms. The van der Waals surface area contributed by atoms with Gasteiger partial charge in [-0.15, -0.1) is 0 Å². The molecule has 1 N–H and O–H groups in total. The molecule has 2 rings (SSSR count). The first kappa shape index (κ1) is 26.9. The summed E-state index contributed by atoms with van der Waals surface area (Å²) in [6.07, 6.45) is 1.95. The summed E-state index contributed by atoms with van der Waals surface area (Å²) in [6.45, 7) is 7.72. The zero-order valence-corrected chi connectivity index (χ0v) is 20.4. The minimum atomic E-state index is -4.14. The first-order valence-corrected chi connectivity index (χ1v) is 11.9. The van der Waals surface area contributed by atoms with E-state index in [1.165, 1.54) is 0 Å². The van der Waals surface area contributed by atoms with Gasteiger partial charge in [-0.05, 0) is 38.5 Å². The lowest BCUT2D eigenvalue weighted by atomic mass is 9.87. The number of phosphoric ester groups is 1. The molecule has 1 aliphatic rings. The van der Waals surface area contributed by atoms with Crippen LogP contribution in [0, 0.1) is 10.8 Å². The molecule has 0 unspecified atom stereocenters. The van der Waals surface area contributed by atoms with Crippen molar-refractivity contribution in [2.75, 3.05) is 19.9 Å². The molecule has 1 amide bonds. The van der Waals surface area contributed by atoms with Crippen molar-refractivity contribution >= 4 is 25.7 Å². The fourth-order valence-electron chi connectivity index (χ4n) is 2.55. The molecule has 12 heteroatoms. The fourth-order valence-corrected chi connectivity index (χ4v) is 4.06. The lowest BCUT2D eigenvalue weighted by Gasteiger charge is -2.39. The predicted octanol–water partition coefficient (Wildman–Crippen LogP) is 2.74. The van der Waals surface area contributed by atoms with Crippen LogP contribution < -0.4 is 5.32 Å². The Hall–Kier alpha value is -2.33. The SMILES string of the molecule is CC(C)(C)C(=O)OCO[P@@]1(=O)OCC(C)(C)[C@H](C(=O)NCCC(=O)OCc2ccncc2)O1. The third kappa shape index (κ3) is 8.51. The Balaban J connectivity index is 1.82. The molecule has 0 aromatic carbocycles. The van der Waals surface area contributed by atoms with Crippen molar-refractivity contribution in [2.24, 2.45) is 10.8 Å². The average molecular weight is 486 g/mol. The van der Waals surface area contributed by atoms with Gasteiger partial charge >= 0.3 is 19.8 Å². The van der Waals surface area contributed by atoms with E-state index in [0.717, 1.165) is 5.56 Å². The molecule has 1 aliphatic heterocycles. The van der Waals surface area contributed by atoms with Crippen molar-refractivity contribution in [1.29, 1.82) is 0 Å². The third-order valence-electron chi connectivity index (χ3n) is 4.57. The molecule has 1 aromatic rings. The lowest BCUT2D eigenvalue weighted by molar-refractivity contribution is -0.163. The summed E-state index contributed by atoms with van der Waals surface area (Å²) in [5.41, 5.74) is -0.801. The molecule has 2 atom stereocenters. The monoisotopic (exact) mass is 486 g/mol. The third-order valence-corrected chi connectivity index (χ3v) is 5.90. The summed E-state index contributed by atoms with van der Waals surface area (Å²) in [5.74, 6) is -1.63. The smallest absolute Gasteiger partial charge is 0.461 e. The molecule has 2 heterocycles. The number of amides is 1. The van der Waals surface area contributed by atoms with Gasteiger partial charge in [-0.2, -0.15) is 0 Å². The molecular weight excluding hydrogens is 455 g/mol. The predicted molar refractivity (Wildman–Crippen MR) is 115 cm³/mol. The van der Waals surface area contributed by atoms with Crippen LogP contribution in [0.3, 0.4) is 0 Å². The molecule has 33 heavy (non-hydrogen) atoms. The Morgan fingerprint density at radius 3 is 2.52 bits per heavy atom. The van der Waals surface area contributed by atoms with E-state index in [1.54, 1.807) is 59.1 Å². The van der Waals surface area contributed by atoms with Crippen molar-refractivity contribution in [3.63, 3.8) is 0 Å². The standard InChI is InChI=1S/C21H31N2O9P/c1-20(2,3)19(26)29-14-31-33(27)30-13-21(4,5)17(32-33)18(25)23-11-8-16(24)28-12-15-6-9-22-10-7-15/h6-7,9-10,17H,8,11-14H2,1-5H3,(H,23,25)/t17-,33+/m0/s1. The average Bonchev–Trinajstić information content (AvgIpc) is 2.74. The number of carbonyl (C=O) groups is 3. The van der Waals surface area contributed by atoms with E-state index < -0.39 is 49.4 Å². The van der Waals surface area contributed by atoms with Gasteiger partial charge in [0.2, 0.25) is 12.7 Å². The Morgan fingerprint density at radius 1 is 1.21 bits per heavy atom. The van der Waals surface area contributed by atoms with Crippen LogP contribution in [-0.4, -0.2) is 48.9 Å². The first-order valence-electron chi connectivity index (χ1n) is 10.4. The van der Waals surface area contributed by atoms with E-state index >= 15 is 0 Å². The number of aromatic nitrogens is 1. The number of pyridine rings is 1. The molecule has 0 bridgehead atoms. The Kier molecular flexibility index (Phi) is 9.13. The van der Waals surface area contributed by atoms with Crippen molar-refractivity contribution in [1.82, 2.24) is 10.3 Å². The quantitative estimate of drug-likeness (QED) is 0.315. The number of nitrogens with one attached hydrogen (secondary N) is 1. The molecular formula is C21H31N2O9P. The summed E-state index contributed by atoms with van der Waals surface area (Å²) in [7, 11) is -4.14. The summed E-state index contributed by atoms with van der Waals surface area (Å²) < 4.78 is 38.4. The van der Waals surface area contributed by atoms with Gasteiger partial charge in [-0.3, -0.25) is 28.4 Å². The number of phosphoric acid groups is 1. The number of hydrogen-bond donors (Lipinski definition) is 1. The number of rotatable bonds is 9. The molecule has 1 saturated heterocycles. The van der Waals surface area contributed by atoms with E-state index in [1.807, 2.05) is 0 Å². The second-order valence-electron chi connectivity index (χ2n) is 9.18. The second-order valence-corrected chi connectivity index (χ2v) is 10.8. The summed E-state index contributed by atoms with van der Waals surface area (Å²) in [4.78, 5) is 40.3. The molecule has 1 aromatic heterocycles. The maximum absolute atomic E-state index is 12.8. The Labute approximate surface area is 193 Å². The molecule has 0 radical (unpaired) electrons. The normalized spacial score (nSPS) is 22.3. The first-order chi connectivity index (χ1) is 15.3. The minimum absolute atomic E-state index is 0.000830. The molecule has 11 nitrogen and oxygen atoms in total. The van der Waals surface area contributed by atoms with Gasteiger partial charge in [-0.1, -0.05) is 13.8 Å². The van der Waals surface area contributed by atoms with Gasteiger partial charge in [0.05, 0.1) is 18.4 Å². The maximum atomic E-state index is 12.8. The topological polar surface area (TPSA) is 139 Å². The van der Waals surface area contributed by atoms with E-state index in [0.29, 0.717) is 0 Å². The largest absolute Gasteiger partial charge is 0.478 e. The van der Waals surface area contributed by atoms with Crippen LogP contribution in [0.1, 0.15) is 46.6 Å². The van der Waals surface area contributed by atoms with Crippen LogP contribution in [0.5, 0.6) is 0 Å². The van der Waals surface area contributed by atoms with Crippen LogP contribution in [0.2, 0.25) is 0 Å². The van der Waals surface area contributed by atoms with Gasteiger partial charge in [-0.25, -0.2) is 9.09 Å². The van der Waals surface area contributed by atoms with Crippen molar-refractivity contribution in [3.8, 4) is 0 Å². The van der Waals surface area contributed by atoms with Crippen LogP contribution in [-0.2, 0) is 48.6 Å². The second kappa shape index (κ2) is 11.2. The summed E-state index contributed by atoms with van der Waals surface area (Å²) in [5, 5.41) is 2.58. The van der Waals surface area contributed by atoms with Crippen LogP contribution in [0.25, 0.3) is 0 Å². The number of hydrogen-bond acceptors (Lipinski definition) is 10. The van der Waals surface area contributed by atoms with Gasteiger partial charge in [0, 0.05) is 24.4 Å². The van der Waals surface area contributed by atoms with Gasteiger partial charge < -0.3 is 14.8 Å². The van der Waals surface area contributed by atoms with E-state index in [9.17, 15) is 18.9 Å². The molecule has 184 valence electrons. The molecule has 1 fully saturated rings. The minimum Gasteiger partial charge on any atom is -0.461 e. The van der Waals surface area contributed by atoms with Gasteiger partial charge in [0.1, 0.15) is 6.61 Å². The lowest BCUT2D eigenvalue weighted by Crippen LogP contribution is -2.50. The van der Waals surface area contributed by atoms with Crippen molar-refractivity contribution < 1.29 is 42.0 Å². The van der Waals surface area contributed by atoms with Gasteiger partial charge in [0.15, 0.2) is 6.10 Å². The van der Waals surface area contributed by atoms with E-state index in [2.05, 4.69) is 10.3 Å². The number of carbonyl (C=O) groups excluding carboxylic acids is 3. The van der Waals surface area contributed by atoms with Crippen molar-refractivity contribution in [2.45, 2.75) is 53.8 Å². The summed E-state index contributed by atoms with van der Waals surface area (Å²) in [6, 6.07) is 3.45. The van der Waals surface area contributed by atoms with Crippen LogP contribution >= 0.6 is 7.82 Å². The highest BCUT2D eigenvalue weighted by molar-refractivity contribution is 7.48. The fraction of sp³-hybridized carbons (Fsp3) is 0.619. The zero-order valence-electron chi connectivity index (χ0n) is 19.5. The Bertz CT molecular complexity index is 883.